The molecule has 156 valence electrons. The van der Waals surface area contributed by atoms with E-state index in [2.05, 4.69) is 22.2 Å². The molecule has 0 spiro atoms. The van der Waals surface area contributed by atoms with Crippen molar-refractivity contribution < 1.29 is 14.3 Å². The van der Waals surface area contributed by atoms with Crippen LogP contribution < -0.4 is 15.0 Å². The molecule has 1 aliphatic rings. The van der Waals surface area contributed by atoms with Gasteiger partial charge in [0.1, 0.15) is 11.6 Å². The van der Waals surface area contributed by atoms with E-state index in [1.807, 2.05) is 42.5 Å². The summed E-state index contributed by atoms with van der Waals surface area (Å²) in [5, 5.41) is 2.92. The second kappa shape index (κ2) is 8.57. The van der Waals surface area contributed by atoms with Gasteiger partial charge in [0.15, 0.2) is 6.10 Å². The number of benzene rings is 2. The van der Waals surface area contributed by atoms with Gasteiger partial charge >= 0.3 is 0 Å². The predicted molar refractivity (Wildman–Crippen MR) is 117 cm³/mol. The second-order valence-electron chi connectivity index (χ2n) is 7.53. The molecule has 7 nitrogen and oxygen atoms in total. The standard InChI is InChI=1S/C23H26N4O3/c1-3-4-9-21-25-17-11-10-16(14-18(17)26-21)24-22(28)12-13-27-19-7-5-6-8-20(19)30-15(2)23(27)29/h5-8,10-11,14-15H,3-4,9,12-13H2,1-2H3,(H,24,28)(H,25,26). The highest BCUT2D eigenvalue weighted by Gasteiger charge is 2.31. The van der Waals surface area contributed by atoms with Crippen molar-refractivity contribution in [2.75, 3.05) is 16.8 Å². The normalized spacial score (nSPS) is 15.7. The number of anilines is 2. The Bertz CT molecular complexity index is 1080. The van der Waals surface area contributed by atoms with E-state index in [1.54, 1.807) is 11.8 Å². The first-order chi connectivity index (χ1) is 14.5. The summed E-state index contributed by atoms with van der Waals surface area (Å²) in [6.07, 6.45) is 2.75. The zero-order chi connectivity index (χ0) is 21.1. The minimum Gasteiger partial charge on any atom is -0.479 e. The molecule has 0 aliphatic carbocycles. The average molecular weight is 406 g/mol. The summed E-state index contributed by atoms with van der Waals surface area (Å²) in [4.78, 5) is 34.6. The van der Waals surface area contributed by atoms with Crippen LogP contribution >= 0.6 is 0 Å². The van der Waals surface area contributed by atoms with Crippen LogP contribution in [0.5, 0.6) is 5.75 Å². The first-order valence-electron chi connectivity index (χ1n) is 10.4. The molecule has 0 radical (unpaired) electrons. The molecule has 1 aliphatic heterocycles. The lowest BCUT2D eigenvalue weighted by Gasteiger charge is -2.32. The maximum Gasteiger partial charge on any atom is 0.267 e. The number of para-hydroxylation sites is 2. The molecule has 2 heterocycles. The predicted octanol–water partition coefficient (Wildman–Crippen LogP) is 4.05. The first-order valence-corrected chi connectivity index (χ1v) is 10.4. The lowest BCUT2D eigenvalue weighted by Crippen LogP contribution is -2.45. The maximum absolute atomic E-state index is 12.5. The Kier molecular flexibility index (Phi) is 5.70. The SMILES string of the molecule is CCCCc1nc2ccc(NC(=O)CCN3C(=O)C(C)Oc4ccccc43)cc2[nH]1. The van der Waals surface area contributed by atoms with E-state index in [0.717, 1.165) is 36.1 Å². The number of hydrogen-bond donors (Lipinski definition) is 2. The van der Waals surface area contributed by atoms with Gasteiger partial charge in [-0.25, -0.2) is 4.98 Å². The van der Waals surface area contributed by atoms with Gasteiger partial charge in [-0.15, -0.1) is 0 Å². The van der Waals surface area contributed by atoms with Crippen LogP contribution in [0.15, 0.2) is 42.5 Å². The number of aryl methyl sites for hydroxylation is 1. The number of hydrogen-bond acceptors (Lipinski definition) is 4. The number of amides is 2. The topological polar surface area (TPSA) is 87.3 Å². The quantitative estimate of drug-likeness (QED) is 0.620. The largest absolute Gasteiger partial charge is 0.479 e. The van der Waals surface area contributed by atoms with Gasteiger partial charge in [0.05, 0.1) is 16.7 Å². The van der Waals surface area contributed by atoms with Crippen molar-refractivity contribution in [3.63, 3.8) is 0 Å². The highest BCUT2D eigenvalue weighted by molar-refractivity contribution is 6.01. The molecule has 1 atom stereocenters. The fourth-order valence-electron chi connectivity index (χ4n) is 3.63. The lowest BCUT2D eigenvalue weighted by molar-refractivity contribution is -0.125. The number of aromatic amines is 1. The van der Waals surface area contributed by atoms with Crippen LogP contribution in [-0.4, -0.2) is 34.4 Å². The van der Waals surface area contributed by atoms with Crippen LogP contribution in [-0.2, 0) is 16.0 Å². The zero-order valence-corrected chi connectivity index (χ0v) is 17.3. The van der Waals surface area contributed by atoms with Crippen LogP contribution in [0, 0.1) is 0 Å². The molecule has 2 N–H and O–H groups in total. The number of ether oxygens (including phenoxy) is 1. The molecular formula is C23H26N4O3. The number of carbonyl (C=O) groups excluding carboxylic acids is 2. The third-order valence-corrected chi connectivity index (χ3v) is 5.22. The Labute approximate surface area is 175 Å². The molecule has 7 heteroatoms. The molecule has 4 rings (SSSR count). The van der Waals surface area contributed by atoms with Gasteiger partial charge in [0.2, 0.25) is 5.91 Å². The summed E-state index contributed by atoms with van der Waals surface area (Å²) in [5.74, 6) is 1.34. The van der Waals surface area contributed by atoms with Crippen molar-refractivity contribution >= 4 is 34.2 Å². The molecule has 30 heavy (non-hydrogen) atoms. The van der Waals surface area contributed by atoms with Gasteiger partial charge in [-0.05, 0) is 43.7 Å². The Balaban J connectivity index is 1.41. The third-order valence-electron chi connectivity index (χ3n) is 5.22. The number of imidazole rings is 1. The number of fused-ring (bicyclic) bond motifs is 2. The highest BCUT2D eigenvalue weighted by atomic mass is 16.5. The molecule has 0 fully saturated rings. The van der Waals surface area contributed by atoms with E-state index in [9.17, 15) is 9.59 Å². The number of nitrogens with zero attached hydrogens (tertiary/aromatic N) is 2. The van der Waals surface area contributed by atoms with E-state index in [1.165, 1.54) is 0 Å². The van der Waals surface area contributed by atoms with Crippen molar-refractivity contribution in [1.82, 2.24) is 9.97 Å². The second-order valence-corrected chi connectivity index (χ2v) is 7.53. The molecule has 2 aromatic carbocycles. The summed E-state index contributed by atoms with van der Waals surface area (Å²) >= 11 is 0. The van der Waals surface area contributed by atoms with E-state index < -0.39 is 6.10 Å². The monoisotopic (exact) mass is 406 g/mol. The van der Waals surface area contributed by atoms with Gasteiger partial charge in [-0.2, -0.15) is 0 Å². The van der Waals surface area contributed by atoms with Gasteiger partial charge < -0.3 is 19.9 Å². The fraction of sp³-hybridized carbons (Fsp3) is 0.348. The van der Waals surface area contributed by atoms with Crippen LogP contribution in [0.1, 0.15) is 38.9 Å². The summed E-state index contributed by atoms with van der Waals surface area (Å²) in [7, 11) is 0. The minimum absolute atomic E-state index is 0.139. The van der Waals surface area contributed by atoms with Crippen LogP contribution in [0.2, 0.25) is 0 Å². The average Bonchev–Trinajstić information content (AvgIpc) is 3.14. The fourth-order valence-corrected chi connectivity index (χ4v) is 3.63. The Morgan fingerprint density at radius 2 is 2.10 bits per heavy atom. The van der Waals surface area contributed by atoms with Crippen LogP contribution in [0.25, 0.3) is 11.0 Å². The zero-order valence-electron chi connectivity index (χ0n) is 17.3. The number of rotatable bonds is 7. The minimum atomic E-state index is -0.562. The summed E-state index contributed by atoms with van der Waals surface area (Å²) in [6.45, 7) is 4.17. The van der Waals surface area contributed by atoms with Crippen LogP contribution in [0.4, 0.5) is 11.4 Å². The van der Waals surface area contributed by atoms with E-state index in [0.29, 0.717) is 23.7 Å². The smallest absolute Gasteiger partial charge is 0.267 e. The van der Waals surface area contributed by atoms with Gasteiger partial charge in [-0.1, -0.05) is 25.5 Å². The number of unbranched alkanes of at least 4 members (excludes halogenated alkanes) is 1. The van der Waals surface area contributed by atoms with Crippen molar-refractivity contribution in [3.8, 4) is 5.75 Å². The van der Waals surface area contributed by atoms with Crippen LogP contribution in [0.3, 0.4) is 0 Å². The molecule has 0 saturated heterocycles. The molecule has 1 aromatic heterocycles. The Morgan fingerprint density at radius 3 is 2.93 bits per heavy atom. The summed E-state index contributed by atoms with van der Waals surface area (Å²) in [5.41, 5.74) is 3.21. The molecule has 0 saturated carbocycles. The molecule has 0 bridgehead atoms. The number of nitrogens with one attached hydrogen (secondary N) is 2. The lowest BCUT2D eigenvalue weighted by atomic mass is 10.1. The number of carbonyl (C=O) groups is 2. The number of aromatic nitrogens is 2. The Hall–Kier alpha value is -3.35. The Morgan fingerprint density at radius 1 is 1.27 bits per heavy atom. The van der Waals surface area contributed by atoms with Gasteiger partial charge in [-0.3, -0.25) is 9.59 Å². The first kappa shape index (κ1) is 19.9. The number of H-pyrrole nitrogens is 1. The summed E-state index contributed by atoms with van der Waals surface area (Å²) in [6, 6.07) is 13.0. The van der Waals surface area contributed by atoms with E-state index in [4.69, 9.17) is 4.74 Å². The molecular weight excluding hydrogens is 380 g/mol. The third kappa shape index (κ3) is 4.15. The highest BCUT2D eigenvalue weighted by Crippen LogP contribution is 2.33. The van der Waals surface area contributed by atoms with Crippen molar-refractivity contribution in [1.29, 1.82) is 0 Å². The van der Waals surface area contributed by atoms with E-state index in [-0.39, 0.29) is 18.2 Å². The van der Waals surface area contributed by atoms with Crippen molar-refractivity contribution in [2.24, 2.45) is 0 Å². The van der Waals surface area contributed by atoms with E-state index >= 15 is 0 Å². The van der Waals surface area contributed by atoms with Gasteiger partial charge in [0.25, 0.3) is 5.91 Å². The van der Waals surface area contributed by atoms with Crippen molar-refractivity contribution in [3.05, 3.63) is 48.3 Å². The van der Waals surface area contributed by atoms with Crippen molar-refractivity contribution in [2.45, 2.75) is 45.6 Å². The molecule has 2 amide bonds. The van der Waals surface area contributed by atoms with Gasteiger partial charge in [0, 0.05) is 25.1 Å². The molecule has 1 unspecified atom stereocenters. The maximum atomic E-state index is 12.5. The summed E-state index contributed by atoms with van der Waals surface area (Å²) < 4.78 is 5.64. The molecule has 3 aromatic rings.